The molecule has 2 aromatic rings. The van der Waals surface area contributed by atoms with Gasteiger partial charge in [-0.2, -0.15) is 5.11 Å². The molecule has 1 atom stereocenters. The lowest BCUT2D eigenvalue weighted by Gasteiger charge is -2.34. The van der Waals surface area contributed by atoms with Gasteiger partial charge in [0.05, 0.1) is 24.3 Å². The van der Waals surface area contributed by atoms with Crippen LogP contribution in [0, 0.1) is 0 Å². The Morgan fingerprint density at radius 3 is 2.94 bits per heavy atom. The van der Waals surface area contributed by atoms with Crippen molar-refractivity contribution in [1.29, 1.82) is 0 Å². The van der Waals surface area contributed by atoms with Gasteiger partial charge in [0.25, 0.3) is 0 Å². The number of nitrogens with zero attached hydrogens (tertiary/aromatic N) is 6. The van der Waals surface area contributed by atoms with E-state index >= 15 is 0 Å². The van der Waals surface area contributed by atoms with Crippen molar-refractivity contribution in [3.8, 4) is 0 Å². The van der Waals surface area contributed by atoms with E-state index in [4.69, 9.17) is 22.1 Å². The third kappa shape index (κ3) is 5.39. The number of morpholine rings is 1. The number of anilines is 2. The van der Waals surface area contributed by atoms with Gasteiger partial charge in [-0.3, -0.25) is 0 Å². The Balaban J connectivity index is 1.59. The van der Waals surface area contributed by atoms with Crippen LogP contribution in [-0.2, 0) is 11.2 Å². The number of aromatic nitrogens is 1. The van der Waals surface area contributed by atoms with Crippen LogP contribution in [0.15, 0.2) is 57.5 Å². The van der Waals surface area contributed by atoms with Crippen molar-refractivity contribution in [3.05, 3.63) is 58.3 Å². The molecular formula is C25H32ClN7O. The van der Waals surface area contributed by atoms with Gasteiger partial charge in [0, 0.05) is 49.7 Å². The molecule has 0 amide bonds. The smallest absolute Gasteiger partial charge is 0.129 e. The first-order valence-electron chi connectivity index (χ1n) is 11.7. The summed E-state index contributed by atoms with van der Waals surface area (Å²) in [6, 6.07) is 10.7. The highest BCUT2D eigenvalue weighted by atomic mass is 35.5. The highest BCUT2D eigenvalue weighted by Crippen LogP contribution is 2.38. The van der Waals surface area contributed by atoms with E-state index in [1.54, 1.807) is 6.20 Å². The average molecular weight is 482 g/mol. The fraction of sp³-hybridized carbons (Fsp3) is 0.440. The van der Waals surface area contributed by atoms with Gasteiger partial charge in [-0.15, -0.1) is 5.10 Å². The molecule has 3 heterocycles. The molecule has 0 radical (unpaired) electrons. The molecule has 4 rings (SSSR count). The quantitative estimate of drug-likeness (QED) is 0.274. The second-order valence-corrected chi connectivity index (χ2v) is 9.03. The Bertz CT molecular complexity index is 1110. The van der Waals surface area contributed by atoms with Crippen LogP contribution in [0.1, 0.15) is 37.8 Å². The van der Waals surface area contributed by atoms with Crippen LogP contribution in [0.5, 0.6) is 0 Å². The van der Waals surface area contributed by atoms with Gasteiger partial charge in [-0.1, -0.05) is 29.8 Å². The number of hydrogen-bond acceptors (Lipinski definition) is 6. The van der Waals surface area contributed by atoms with Gasteiger partial charge < -0.3 is 20.3 Å². The van der Waals surface area contributed by atoms with Crippen LogP contribution in [0.25, 0.3) is 5.70 Å². The van der Waals surface area contributed by atoms with Crippen LogP contribution in [-0.4, -0.2) is 50.2 Å². The van der Waals surface area contributed by atoms with E-state index in [-0.39, 0.29) is 6.10 Å². The number of halogens is 1. The molecule has 1 aromatic heterocycles. The number of ether oxygens (including phenoxy) is 1. The minimum atomic E-state index is -0.0939. The zero-order valence-electron chi connectivity index (χ0n) is 20.0. The normalized spacial score (nSPS) is 19.5. The summed E-state index contributed by atoms with van der Waals surface area (Å²) in [6.07, 6.45) is 4.14. The van der Waals surface area contributed by atoms with Gasteiger partial charge in [0.2, 0.25) is 0 Å². The number of pyridine rings is 1. The predicted octanol–water partition coefficient (Wildman–Crippen LogP) is 4.89. The first-order chi connectivity index (χ1) is 16.5. The number of fused-ring (bicyclic) bond motifs is 1. The molecule has 8 nitrogen and oxygen atoms in total. The number of rotatable bonds is 6. The molecule has 180 valence electrons. The van der Waals surface area contributed by atoms with E-state index in [0.717, 1.165) is 36.5 Å². The van der Waals surface area contributed by atoms with E-state index in [9.17, 15) is 0 Å². The molecule has 1 saturated heterocycles. The average Bonchev–Trinajstić information content (AvgIpc) is 2.96. The van der Waals surface area contributed by atoms with Crippen LogP contribution in [0.4, 0.5) is 11.5 Å². The highest BCUT2D eigenvalue weighted by molar-refractivity contribution is 6.32. The first-order valence-corrected chi connectivity index (χ1v) is 12.1. The maximum atomic E-state index is 6.72. The molecule has 1 aromatic carbocycles. The number of nitrogens with two attached hydrogens (primary N) is 1. The van der Waals surface area contributed by atoms with E-state index in [1.165, 1.54) is 16.8 Å². The maximum absolute atomic E-state index is 6.72. The summed E-state index contributed by atoms with van der Waals surface area (Å²) in [5, 5.41) is 12.2. The van der Waals surface area contributed by atoms with Gasteiger partial charge in [0.1, 0.15) is 11.7 Å². The van der Waals surface area contributed by atoms with Crippen LogP contribution in [0.3, 0.4) is 0 Å². The number of benzene rings is 1. The van der Waals surface area contributed by atoms with Crippen molar-refractivity contribution in [1.82, 2.24) is 4.98 Å². The van der Waals surface area contributed by atoms with Crippen molar-refractivity contribution in [2.45, 2.75) is 39.2 Å². The topological polar surface area (TPSA) is 91.7 Å². The summed E-state index contributed by atoms with van der Waals surface area (Å²) in [7, 11) is 2.11. The molecule has 0 saturated carbocycles. The van der Waals surface area contributed by atoms with Gasteiger partial charge >= 0.3 is 0 Å². The molecule has 2 aliphatic heterocycles. The highest BCUT2D eigenvalue weighted by Gasteiger charge is 2.26. The predicted molar refractivity (Wildman–Crippen MR) is 139 cm³/mol. The molecule has 0 spiro atoms. The minimum Gasteiger partial charge on any atom is -0.386 e. The summed E-state index contributed by atoms with van der Waals surface area (Å²) in [5.74, 6) is 1.29. The zero-order chi connectivity index (χ0) is 24.1. The summed E-state index contributed by atoms with van der Waals surface area (Å²) in [5.41, 5.74) is 12.0. The third-order valence-corrected chi connectivity index (χ3v) is 6.54. The summed E-state index contributed by atoms with van der Waals surface area (Å²) >= 11 is 6.72. The van der Waals surface area contributed by atoms with Gasteiger partial charge in [-0.05, 0) is 55.2 Å². The summed E-state index contributed by atoms with van der Waals surface area (Å²) in [6.45, 7) is 6.65. The molecule has 0 bridgehead atoms. The largest absolute Gasteiger partial charge is 0.386 e. The molecule has 34 heavy (non-hydrogen) atoms. The van der Waals surface area contributed by atoms with Crippen molar-refractivity contribution < 1.29 is 4.74 Å². The van der Waals surface area contributed by atoms with Crippen molar-refractivity contribution in [2.24, 2.45) is 21.2 Å². The second kappa shape index (κ2) is 11.0. The number of amidine groups is 1. The molecule has 1 unspecified atom stereocenters. The Kier molecular flexibility index (Phi) is 7.80. The standard InChI is InChI=1S/C25H32ClN7O/c1-4-29-31-30-23(27)13-19-16-33(11-12-34-19)24-14-20(21(26)15-28-24)25-17(2)9-10-18-7-5-6-8-22(18)32(25)3/h5-8,14-15,19H,4,9-13,16H2,1-3H3,(H2,27,29,30). The fourth-order valence-electron chi connectivity index (χ4n) is 4.57. The van der Waals surface area contributed by atoms with E-state index in [0.29, 0.717) is 37.0 Å². The number of para-hydroxylation sites is 1. The first kappa shape index (κ1) is 24.2. The molecule has 1 fully saturated rings. The van der Waals surface area contributed by atoms with Crippen LogP contribution in [0.2, 0.25) is 5.02 Å². The molecule has 9 heteroatoms. The lowest BCUT2D eigenvalue weighted by Crippen LogP contribution is -2.44. The number of allylic oxidation sites excluding steroid dienone is 1. The Morgan fingerprint density at radius 1 is 1.29 bits per heavy atom. The van der Waals surface area contributed by atoms with Gasteiger partial charge in [0.15, 0.2) is 0 Å². The lowest BCUT2D eigenvalue weighted by atomic mass is 10.0. The second-order valence-electron chi connectivity index (χ2n) is 8.62. The Hall–Kier alpha value is -2.97. The minimum absolute atomic E-state index is 0.0939. The van der Waals surface area contributed by atoms with Crippen molar-refractivity contribution >= 4 is 34.6 Å². The van der Waals surface area contributed by atoms with Crippen molar-refractivity contribution in [2.75, 3.05) is 43.1 Å². The Morgan fingerprint density at radius 2 is 2.12 bits per heavy atom. The third-order valence-electron chi connectivity index (χ3n) is 6.24. The van der Waals surface area contributed by atoms with E-state index in [1.807, 2.05) is 6.92 Å². The fourth-order valence-corrected chi connectivity index (χ4v) is 4.76. The summed E-state index contributed by atoms with van der Waals surface area (Å²) < 4.78 is 5.92. The van der Waals surface area contributed by atoms with Crippen molar-refractivity contribution in [3.63, 3.8) is 0 Å². The van der Waals surface area contributed by atoms with Gasteiger partial charge in [-0.25, -0.2) is 4.98 Å². The summed E-state index contributed by atoms with van der Waals surface area (Å²) in [4.78, 5) is 9.13. The van der Waals surface area contributed by atoms with Crippen LogP contribution < -0.4 is 15.5 Å². The van der Waals surface area contributed by atoms with E-state index < -0.39 is 0 Å². The number of aryl methyl sites for hydroxylation is 1. The molecule has 0 aliphatic carbocycles. The van der Waals surface area contributed by atoms with Crippen LogP contribution >= 0.6 is 11.6 Å². The molecular weight excluding hydrogens is 450 g/mol. The zero-order valence-corrected chi connectivity index (χ0v) is 20.8. The molecule has 2 aliphatic rings. The lowest BCUT2D eigenvalue weighted by molar-refractivity contribution is 0.0451. The maximum Gasteiger partial charge on any atom is 0.129 e. The number of hydrogen-bond donors (Lipinski definition) is 1. The monoisotopic (exact) mass is 481 g/mol. The Labute approximate surface area is 206 Å². The SMILES string of the molecule is CCN=N/N=C(\N)CC1CN(c2cc(C3=C(C)CCc4ccccc4N3C)c(Cl)cn2)CCO1. The molecule has 2 N–H and O–H groups in total. The van der Waals surface area contributed by atoms with E-state index in [2.05, 4.69) is 74.5 Å².